The lowest BCUT2D eigenvalue weighted by Gasteiger charge is -2.32. The van der Waals surface area contributed by atoms with Gasteiger partial charge < -0.3 is 19.7 Å². The van der Waals surface area contributed by atoms with Crippen molar-refractivity contribution < 1.29 is 4.79 Å². The summed E-state index contributed by atoms with van der Waals surface area (Å²) in [6, 6.07) is 10.1. The van der Waals surface area contributed by atoms with Crippen LogP contribution in [0.3, 0.4) is 0 Å². The molecule has 2 aromatic heterocycles. The molecule has 1 fully saturated rings. The lowest BCUT2D eigenvalue weighted by molar-refractivity contribution is -0.129. The van der Waals surface area contributed by atoms with Crippen LogP contribution in [0.25, 0.3) is 11.0 Å². The summed E-state index contributed by atoms with van der Waals surface area (Å²) in [7, 11) is 3.89. The number of hydrogen-bond donors (Lipinski definition) is 1. The third-order valence-corrected chi connectivity index (χ3v) is 5.20. The van der Waals surface area contributed by atoms with Gasteiger partial charge in [0.05, 0.1) is 17.6 Å². The van der Waals surface area contributed by atoms with Crippen LogP contribution in [0.1, 0.15) is 12.2 Å². The van der Waals surface area contributed by atoms with Crippen molar-refractivity contribution in [1.29, 1.82) is 0 Å². The Balaban J connectivity index is 1.32. The fraction of sp³-hybridized carbons (Fsp3) is 0.400. The van der Waals surface area contributed by atoms with Crippen molar-refractivity contribution in [3.8, 4) is 0 Å². The number of likely N-dealkylation sites (N-methyl/N-ethyl adjacent to an activating group) is 1. The maximum atomic E-state index is 11.9. The first-order valence-electron chi connectivity index (χ1n) is 9.57. The molecule has 8 heteroatoms. The Labute approximate surface area is 164 Å². The van der Waals surface area contributed by atoms with E-state index in [2.05, 4.69) is 33.0 Å². The van der Waals surface area contributed by atoms with Gasteiger partial charge in [-0.2, -0.15) is 0 Å². The molecule has 1 amide bonds. The van der Waals surface area contributed by atoms with Gasteiger partial charge in [-0.3, -0.25) is 4.79 Å². The predicted octanol–water partition coefficient (Wildman–Crippen LogP) is 1.69. The normalized spacial score (nSPS) is 14.7. The van der Waals surface area contributed by atoms with Crippen LogP contribution in [-0.2, 0) is 18.3 Å². The third-order valence-electron chi connectivity index (χ3n) is 5.20. The van der Waals surface area contributed by atoms with Crippen molar-refractivity contribution in [2.75, 3.05) is 43.4 Å². The number of anilines is 2. The molecule has 0 aliphatic carbocycles. The van der Waals surface area contributed by atoms with E-state index in [1.807, 2.05) is 36.2 Å². The molecular weight excluding hydrogens is 354 g/mol. The van der Waals surface area contributed by atoms with Crippen LogP contribution < -0.4 is 10.2 Å². The van der Waals surface area contributed by atoms with Gasteiger partial charge in [0.2, 0.25) is 5.91 Å². The van der Waals surface area contributed by atoms with E-state index in [1.165, 1.54) is 0 Å². The summed E-state index contributed by atoms with van der Waals surface area (Å²) in [4.78, 5) is 29.0. The molecule has 8 nitrogen and oxygen atoms in total. The van der Waals surface area contributed by atoms with Crippen molar-refractivity contribution in [3.05, 3.63) is 42.5 Å². The van der Waals surface area contributed by atoms with E-state index >= 15 is 0 Å². The standard InChI is InChI=1S/C20H25N7O/c1-25-10-11-27(13-20(25)28)19-12-17(22-14-23-19)21-9-5-8-18-24-15-6-3-4-7-16(15)26(18)2/h3-4,6-7,12,14H,5,8-11,13H2,1-2H3,(H,21,22,23). The molecule has 3 aromatic rings. The number of para-hydroxylation sites is 2. The van der Waals surface area contributed by atoms with Crippen LogP contribution in [0.15, 0.2) is 36.7 Å². The number of benzene rings is 1. The average Bonchev–Trinajstić information content (AvgIpc) is 3.04. The molecule has 0 bridgehead atoms. The van der Waals surface area contributed by atoms with E-state index in [0.29, 0.717) is 13.1 Å². The zero-order valence-electron chi connectivity index (χ0n) is 16.3. The summed E-state index contributed by atoms with van der Waals surface area (Å²) in [5.74, 6) is 2.76. The second-order valence-electron chi connectivity index (χ2n) is 7.10. The van der Waals surface area contributed by atoms with Gasteiger partial charge in [-0.1, -0.05) is 12.1 Å². The monoisotopic (exact) mass is 379 g/mol. The second-order valence-corrected chi connectivity index (χ2v) is 7.10. The van der Waals surface area contributed by atoms with Crippen molar-refractivity contribution in [1.82, 2.24) is 24.4 Å². The quantitative estimate of drug-likeness (QED) is 0.657. The molecule has 0 unspecified atom stereocenters. The molecule has 0 saturated carbocycles. The van der Waals surface area contributed by atoms with Gasteiger partial charge in [-0.05, 0) is 18.6 Å². The molecule has 1 aliphatic rings. The van der Waals surface area contributed by atoms with Crippen LogP contribution in [0, 0.1) is 0 Å². The van der Waals surface area contributed by atoms with Crippen molar-refractivity contribution >= 4 is 28.6 Å². The summed E-state index contributed by atoms with van der Waals surface area (Å²) < 4.78 is 2.16. The molecule has 1 aliphatic heterocycles. The van der Waals surface area contributed by atoms with E-state index in [9.17, 15) is 4.79 Å². The Hall–Kier alpha value is -3.16. The van der Waals surface area contributed by atoms with E-state index in [-0.39, 0.29) is 5.91 Å². The first kappa shape index (κ1) is 18.2. The number of aryl methyl sites for hydroxylation is 2. The average molecular weight is 379 g/mol. The van der Waals surface area contributed by atoms with Gasteiger partial charge in [-0.15, -0.1) is 0 Å². The molecule has 146 valence electrons. The molecule has 28 heavy (non-hydrogen) atoms. The highest BCUT2D eigenvalue weighted by atomic mass is 16.2. The summed E-state index contributed by atoms with van der Waals surface area (Å²) in [6.07, 6.45) is 3.39. The van der Waals surface area contributed by atoms with Crippen LogP contribution in [0.4, 0.5) is 11.6 Å². The number of fused-ring (bicyclic) bond motifs is 1. The maximum absolute atomic E-state index is 11.9. The van der Waals surface area contributed by atoms with Crippen molar-refractivity contribution in [2.45, 2.75) is 12.8 Å². The van der Waals surface area contributed by atoms with Gasteiger partial charge in [0.25, 0.3) is 0 Å². The number of rotatable bonds is 6. The zero-order chi connectivity index (χ0) is 19.5. The number of carbonyl (C=O) groups excluding carboxylic acids is 1. The maximum Gasteiger partial charge on any atom is 0.241 e. The van der Waals surface area contributed by atoms with E-state index in [4.69, 9.17) is 4.98 Å². The van der Waals surface area contributed by atoms with Gasteiger partial charge in [0.1, 0.15) is 23.8 Å². The highest BCUT2D eigenvalue weighted by molar-refractivity contribution is 5.82. The third kappa shape index (κ3) is 3.76. The number of imidazole rings is 1. The lowest BCUT2D eigenvalue weighted by atomic mass is 10.3. The number of amides is 1. The molecule has 0 spiro atoms. The van der Waals surface area contributed by atoms with E-state index in [1.54, 1.807) is 11.2 Å². The SMILES string of the molecule is CN1CCN(c2cc(NCCCc3nc4ccccc4n3C)ncn2)CC1=O. The predicted molar refractivity (Wildman–Crippen MR) is 109 cm³/mol. The largest absolute Gasteiger partial charge is 0.370 e. The molecule has 1 saturated heterocycles. The van der Waals surface area contributed by atoms with Gasteiger partial charge in [-0.25, -0.2) is 15.0 Å². The fourth-order valence-electron chi connectivity index (χ4n) is 3.45. The van der Waals surface area contributed by atoms with Crippen LogP contribution in [0.5, 0.6) is 0 Å². The molecule has 0 atom stereocenters. The van der Waals surface area contributed by atoms with Crippen LogP contribution in [0.2, 0.25) is 0 Å². The zero-order valence-corrected chi connectivity index (χ0v) is 16.3. The number of nitrogens with one attached hydrogen (secondary N) is 1. The Morgan fingerprint density at radius 2 is 2.00 bits per heavy atom. The van der Waals surface area contributed by atoms with Gasteiger partial charge in [0, 0.05) is 46.2 Å². The van der Waals surface area contributed by atoms with Gasteiger partial charge >= 0.3 is 0 Å². The van der Waals surface area contributed by atoms with Crippen LogP contribution in [-0.4, -0.2) is 63.6 Å². The van der Waals surface area contributed by atoms with E-state index < -0.39 is 0 Å². The Bertz CT molecular complexity index is 984. The number of piperazine rings is 1. The molecule has 1 aromatic carbocycles. The summed E-state index contributed by atoms with van der Waals surface area (Å²) in [6.45, 7) is 2.65. The fourth-order valence-corrected chi connectivity index (χ4v) is 3.45. The number of carbonyl (C=O) groups is 1. The Morgan fingerprint density at radius 1 is 1.14 bits per heavy atom. The number of hydrogen-bond acceptors (Lipinski definition) is 6. The minimum absolute atomic E-state index is 0.113. The molecule has 0 radical (unpaired) electrons. The second kappa shape index (κ2) is 7.84. The van der Waals surface area contributed by atoms with Crippen LogP contribution >= 0.6 is 0 Å². The minimum atomic E-state index is 0.113. The highest BCUT2D eigenvalue weighted by Crippen LogP contribution is 2.17. The van der Waals surface area contributed by atoms with Crippen molar-refractivity contribution in [3.63, 3.8) is 0 Å². The summed E-state index contributed by atoms with van der Waals surface area (Å²) in [5.41, 5.74) is 2.20. The lowest BCUT2D eigenvalue weighted by Crippen LogP contribution is -2.48. The number of nitrogens with zero attached hydrogens (tertiary/aromatic N) is 6. The molecule has 3 heterocycles. The number of aromatic nitrogens is 4. The topological polar surface area (TPSA) is 79.2 Å². The summed E-state index contributed by atoms with van der Waals surface area (Å²) in [5, 5.41) is 3.36. The first-order chi connectivity index (χ1) is 13.6. The first-order valence-corrected chi connectivity index (χ1v) is 9.57. The summed E-state index contributed by atoms with van der Waals surface area (Å²) >= 11 is 0. The molecule has 1 N–H and O–H groups in total. The molecule has 4 rings (SSSR count). The highest BCUT2D eigenvalue weighted by Gasteiger charge is 2.22. The Kier molecular flexibility index (Phi) is 5.10. The molecular formula is C20H25N7O. The van der Waals surface area contributed by atoms with Crippen molar-refractivity contribution in [2.24, 2.45) is 7.05 Å². The minimum Gasteiger partial charge on any atom is -0.370 e. The van der Waals surface area contributed by atoms with E-state index in [0.717, 1.165) is 54.4 Å². The Morgan fingerprint density at radius 3 is 2.82 bits per heavy atom. The van der Waals surface area contributed by atoms with Gasteiger partial charge in [0.15, 0.2) is 0 Å². The smallest absolute Gasteiger partial charge is 0.241 e.